The van der Waals surface area contributed by atoms with Crippen LogP contribution in [0.1, 0.15) is 77.6 Å². The van der Waals surface area contributed by atoms with Crippen LogP contribution in [-0.4, -0.2) is 59.9 Å². The lowest BCUT2D eigenvalue weighted by atomic mass is 10.1. The molecular weight excluding hydrogens is 518 g/mol. The monoisotopic (exact) mass is 569 g/mol. The Hall–Kier alpha value is -3.88. The average molecular weight is 570 g/mol. The Morgan fingerprint density at radius 2 is 1.29 bits per heavy atom. The van der Waals surface area contributed by atoms with E-state index in [0.717, 1.165) is 38.5 Å². The number of carbonyl (C=O) groups excluding carboxylic acids is 2. The van der Waals surface area contributed by atoms with Gasteiger partial charge in [0, 0.05) is 20.0 Å². The van der Waals surface area contributed by atoms with E-state index >= 15 is 0 Å². The highest BCUT2D eigenvalue weighted by Gasteiger charge is 2.20. The van der Waals surface area contributed by atoms with Crippen molar-refractivity contribution in [1.29, 1.82) is 5.41 Å². The molecule has 41 heavy (non-hydrogen) atoms. The Morgan fingerprint density at radius 3 is 1.76 bits per heavy atom. The van der Waals surface area contributed by atoms with Crippen molar-refractivity contribution < 1.29 is 19.5 Å². The quantitative estimate of drug-likeness (QED) is 0.0498. The molecule has 0 spiro atoms. The van der Waals surface area contributed by atoms with E-state index in [4.69, 9.17) is 11.1 Å². The third-order valence-electron chi connectivity index (χ3n) is 5.80. The summed E-state index contributed by atoms with van der Waals surface area (Å²) in [4.78, 5) is 36.5. The molecule has 0 aliphatic heterocycles. The van der Waals surface area contributed by atoms with Gasteiger partial charge >= 0.3 is 5.97 Å². The normalized spacial score (nSPS) is 12.8. The molecule has 0 radical (unpaired) electrons. The standard InChI is InChI=1S/C32H51N5O4/c1-3-4-5-6-7-8-9-10-11-12-13-14-15-16-17-18-19-20-21-25-29(38)35-26-23-22-24-28(31(40)41)36-30(39)27-37(2)32(33)34/h4-5,7-8,10-11,13-14,16-17,19-20,28H,3,6,9,12,15,18,21-27H2,1-2H3,(H3,33,34)(H,35,38)(H,36,39)(H,40,41)/b5-4-,8-7-,11-10-,14-13-,17-16-,20-19-. The highest BCUT2D eigenvalue weighted by Crippen LogP contribution is 2.02. The minimum Gasteiger partial charge on any atom is -0.480 e. The number of nitrogens with zero attached hydrogens (tertiary/aromatic N) is 1. The minimum absolute atomic E-state index is 0.0418. The van der Waals surface area contributed by atoms with E-state index in [2.05, 4.69) is 84.4 Å². The second kappa shape index (κ2) is 26.3. The Morgan fingerprint density at radius 1 is 0.805 bits per heavy atom. The lowest BCUT2D eigenvalue weighted by Crippen LogP contribution is -2.47. The van der Waals surface area contributed by atoms with Gasteiger partial charge in [-0.25, -0.2) is 4.79 Å². The molecule has 1 atom stereocenters. The van der Waals surface area contributed by atoms with Gasteiger partial charge in [0.2, 0.25) is 11.8 Å². The first kappa shape index (κ1) is 37.1. The van der Waals surface area contributed by atoms with Gasteiger partial charge in [-0.3, -0.25) is 15.0 Å². The van der Waals surface area contributed by atoms with Gasteiger partial charge in [-0.05, 0) is 64.2 Å². The summed E-state index contributed by atoms with van der Waals surface area (Å²) in [6.07, 6.45) is 34.0. The van der Waals surface area contributed by atoms with E-state index in [1.54, 1.807) is 0 Å². The number of likely N-dealkylation sites (N-methyl/N-ethyl adjacent to an activating group) is 1. The van der Waals surface area contributed by atoms with Gasteiger partial charge in [-0.1, -0.05) is 79.8 Å². The van der Waals surface area contributed by atoms with Crippen LogP contribution in [-0.2, 0) is 14.4 Å². The molecule has 6 N–H and O–H groups in total. The summed E-state index contributed by atoms with van der Waals surface area (Å²) in [5.41, 5.74) is 5.28. The fraction of sp³-hybridized carbons (Fsp3) is 0.500. The Labute approximate surface area is 246 Å². The van der Waals surface area contributed by atoms with E-state index in [9.17, 15) is 19.5 Å². The van der Waals surface area contributed by atoms with Gasteiger partial charge in [0.15, 0.2) is 5.96 Å². The fourth-order valence-electron chi connectivity index (χ4n) is 3.44. The smallest absolute Gasteiger partial charge is 0.326 e. The van der Waals surface area contributed by atoms with Crippen LogP contribution in [0.15, 0.2) is 72.9 Å². The third-order valence-corrected chi connectivity index (χ3v) is 5.80. The van der Waals surface area contributed by atoms with Crippen molar-refractivity contribution in [3.8, 4) is 0 Å². The number of carbonyl (C=O) groups is 3. The van der Waals surface area contributed by atoms with E-state index in [1.165, 1.54) is 11.9 Å². The zero-order valence-electron chi connectivity index (χ0n) is 24.9. The number of aliphatic carboxylic acids is 1. The topological polar surface area (TPSA) is 149 Å². The van der Waals surface area contributed by atoms with Crippen LogP contribution in [0.2, 0.25) is 0 Å². The molecule has 0 aromatic carbocycles. The summed E-state index contributed by atoms with van der Waals surface area (Å²) in [7, 11) is 1.47. The molecule has 228 valence electrons. The van der Waals surface area contributed by atoms with Crippen LogP contribution in [0.25, 0.3) is 0 Å². The molecule has 0 saturated heterocycles. The number of nitrogens with two attached hydrogens (primary N) is 1. The predicted molar refractivity (Wildman–Crippen MR) is 168 cm³/mol. The van der Waals surface area contributed by atoms with E-state index in [-0.39, 0.29) is 24.8 Å². The van der Waals surface area contributed by atoms with Crippen molar-refractivity contribution in [2.45, 2.75) is 83.6 Å². The first-order chi connectivity index (χ1) is 19.8. The van der Waals surface area contributed by atoms with Crippen LogP contribution in [0.3, 0.4) is 0 Å². The molecule has 0 aromatic heterocycles. The maximum atomic E-state index is 12.0. The molecule has 0 aliphatic rings. The van der Waals surface area contributed by atoms with Crippen LogP contribution >= 0.6 is 0 Å². The van der Waals surface area contributed by atoms with Crippen molar-refractivity contribution in [3.63, 3.8) is 0 Å². The zero-order chi connectivity index (χ0) is 30.6. The number of guanidine groups is 1. The number of nitrogens with one attached hydrogen (secondary N) is 3. The van der Waals surface area contributed by atoms with Gasteiger partial charge in [-0.2, -0.15) is 0 Å². The first-order valence-electron chi connectivity index (χ1n) is 14.5. The van der Waals surface area contributed by atoms with Gasteiger partial charge < -0.3 is 26.4 Å². The largest absolute Gasteiger partial charge is 0.480 e. The first-order valence-corrected chi connectivity index (χ1v) is 14.5. The highest BCUT2D eigenvalue weighted by molar-refractivity contribution is 5.87. The van der Waals surface area contributed by atoms with Crippen LogP contribution in [0.5, 0.6) is 0 Å². The van der Waals surface area contributed by atoms with E-state index < -0.39 is 17.9 Å². The van der Waals surface area contributed by atoms with Crippen LogP contribution < -0.4 is 16.4 Å². The number of hydrogen-bond donors (Lipinski definition) is 5. The number of allylic oxidation sites excluding steroid dienone is 12. The second-order valence-corrected chi connectivity index (χ2v) is 9.50. The van der Waals surface area contributed by atoms with Crippen molar-refractivity contribution in [2.24, 2.45) is 5.73 Å². The van der Waals surface area contributed by atoms with Crippen molar-refractivity contribution in [3.05, 3.63) is 72.9 Å². The van der Waals surface area contributed by atoms with Gasteiger partial charge in [0.05, 0.1) is 6.54 Å². The van der Waals surface area contributed by atoms with Crippen molar-refractivity contribution in [2.75, 3.05) is 20.1 Å². The number of carboxylic acids is 1. The molecule has 9 heteroatoms. The maximum absolute atomic E-state index is 12.0. The molecule has 0 rings (SSSR count). The zero-order valence-corrected chi connectivity index (χ0v) is 24.9. The average Bonchev–Trinajstić information content (AvgIpc) is 2.93. The van der Waals surface area contributed by atoms with Crippen molar-refractivity contribution >= 4 is 23.7 Å². The summed E-state index contributed by atoms with van der Waals surface area (Å²) in [6, 6.07) is -1.02. The Kier molecular flexibility index (Phi) is 23.9. The Bertz CT molecular complexity index is 934. The molecule has 0 heterocycles. The van der Waals surface area contributed by atoms with Gasteiger partial charge in [-0.15, -0.1) is 0 Å². The molecule has 0 bridgehead atoms. The van der Waals surface area contributed by atoms with Crippen LogP contribution in [0, 0.1) is 5.41 Å². The lowest BCUT2D eigenvalue weighted by Gasteiger charge is -2.19. The summed E-state index contributed by atoms with van der Waals surface area (Å²) >= 11 is 0. The summed E-state index contributed by atoms with van der Waals surface area (Å²) in [6.45, 7) is 2.41. The Balaban J connectivity index is 3.84. The molecular formula is C32H51N5O4. The number of carboxylic acid groups (broad SMARTS) is 1. The molecule has 2 amide bonds. The number of amides is 2. The predicted octanol–water partition coefficient (Wildman–Crippen LogP) is 5.15. The minimum atomic E-state index is -1.12. The van der Waals surface area contributed by atoms with Gasteiger partial charge in [0.1, 0.15) is 6.04 Å². The molecule has 0 saturated carbocycles. The summed E-state index contributed by atoms with van der Waals surface area (Å²) in [5, 5.41) is 21.8. The van der Waals surface area contributed by atoms with E-state index in [1.807, 2.05) is 6.08 Å². The summed E-state index contributed by atoms with van der Waals surface area (Å²) < 4.78 is 0. The fourth-order valence-corrected chi connectivity index (χ4v) is 3.44. The second-order valence-electron chi connectivity index (χ2n) is 9.50. The number of rotatable bonds is 23. The maximum Gasteiger partial charge on any atom is 0.326 e. The molecule has 0 fully saturated rings. The van der Waals surface area contributed by atoms with Crippen LogP contribution in [0.4, 0.5) is 0 Å². The SMILES string of the molecule is CC/C=C\C/C=C\C/C=C\C/C=C\C/C=C\C/C=C\CCC(=O)NCCCCC(NC(=O)CN(C)C(=N)N)C(=O)O. The number of hydrogen-bond acceptors (Lipinski definition) is 4. The third kappa shape index (κ3) is 24.9. The molecule has 0 aromatic rings. The molecule has 0 aliphatic carbocycles. The molecule has 9 nitrogen and oxygen atoms in total. The summed E-state index contributed by atoms with van der Waals surface area (Å²) in [5.74, 6) is -1.95. The van der Waals surface area contributed by atoms with Crippen molar-refractivity contribution in [1.82, 2.24) is 15.5 Å². The molecule has 1 unspecified atom stereocenters. The lowest BCUT2D eigenvalue weighted by molar-refractivity contribution is -0.142. The number of unbranched alkanes of at least 4 members (excludes halogenated alkanes) is 1. The van der Waals surface area contributed by atoms with Gasteiger partial charge in [0.25, 0.3) is 0 Å². The highest BCUT2D eigenvalue weighted by atomic mass is 16.4. The van der Waals surface area contributed by atoms with E-state index in [0.29, 0.717) is 32.2 Å².